The third-order valence-corrected chi connectivity index (χ3v) is 4.75. The van der Waals surface area contributed by atoms with Gasteiger partial charge in [0.15, 0.2) is 5.78 Å². The van der Waals surface area contributed by atoms with E-state index in [4.69, 9.17) is 4.42 Å². The fourth-order valence-electron chi connectivity index (χ4n) is 1.75. The normalized spacial score (nSPS) is 11.8. The van der Waals surface area contributed by atoms with Gasteiger partial charge in [-0.2, -0.15) is 4.31 Å². The molecule has 1 aromatic carbocycles. The number of hydrogen-bond acceptors (Lipinski definition) is 4. The first kappa shape index (κ1) is 14.5. The maximum atomic E-state index is 12.3. The Morgan fingerprint density at radius 2 is 1.85 bits per heavy atom. The summed E-state index contributed by atoms with van der Waals surface area (Å²) in [5, 5.41) is 0. The minimum Gasteiger partial charge on any atom is -0.468 e. The van der Waals surface area contributed by atoms with Gasteiger partial charge in [0.2, 0.25) is 10.0 Å². The smallest absolute Gasteiger partial charge is 0.243 e. The van der Waals surface area contributed by atoms with E-state index < -0.39 is 10.0 Å². The molecule has 5 nitrogen and oxygen atoms in total. The molecule has 0 saturated carbocycles. The molecule has 0 fully saturated rings. The summed E-state index contributed by atoms with van der Waals surface area (Å²) in [6.45, 7) is 1.59. The predicted octanol–water partition coefficient (Wildman–Crippen LogP) is 2.30. The molecule has 1 aromatic heterocycles. The molecule has 0 aliphatic rings. The Bertz CT molecular complexity index is 687. The summed E-state index contributed by atoms with van der Waals surface area (Å²) in [5.41, 5.74) is 0.484. The number of rotatable bonds is 5. The Hall–Kier alpha value is -1.92. The van der Waals surface area contributed by atoms with E-state index >= 15 is 0 Å². The lowest BCUT2D eigenvalue weighted by molar-refractivity contribution is 0.101. The molecule has 0 atom stereocenters. The van der Waals surface area contributed by atoms with E-state index in [1.54, 1.807) is 12.1 Å². The van der Waals surface area contributed by atoms with Gasteiger partial charge in [-0.25, -0.2) is 8.42 Å². The van der Waals surface area contributed by atoms with Crippen LogP contribution in [0.15, 0.2) is 52.0 Å². The Morgan fingerprint density at radius 1 is 1.20 bits per heavy atom. The highest BCUT2D eigenvalue weighted by molar-refractivity contribution is 7.89. The monoisotopic (exact) mass is 293 g/mol. The van der Waals surface area contributed by atoms with Crippen LogP contribution >= 0.6 is 0 Å². The molecule has 0 N–H and O–H groups in total. The number of carbonyl (C=O) groups excluding carboxylic acids is 1. The number of nitrogens with zero attached hydrogens (tertiary/aromatic N) is 1. The van der Waals surface area contributed by atoms with E-state index in [0.29, 0.717) is 11.3 Å². The van der Waals surface area contributed by atoms with Gasteiger partial charge in [0, 0.05) is 12.6 Å². The molecule has 0 amide bonds. The first-order chi connectivity index (χ1) is 9.41. The zero-order valence-electron chi connectivity index (χ0n) is 11.2. The van der Waals surface area contributed by atoms with Gasteiger partial charge in [-0.15, -0.1) is 0 Å². The Kier molecular flexibility index (Phi) is 4.06. The van der Waals surface area contributed by atoms with Crippen LogP contribution in [0.1, 0.15) is 23.0 Å². The van der Waals surface area contributed by atoms with Crippen molar-refractivity contribution in [3.8, 4) is 0 Å². The standard InChI is InChI=1S/C14H15NO4S/c1-11(16)12-5-7-14(8-6-12)20(17,18)15(2)10-13-4-3-9-19-13/h3-9H,10H2,1-2H3. The summed E-state index contributed by atoms with van der Waals surface area (Å²) < 4.78 is 31.0. The van der Waals surface area contributed by atoms with Gasteiger partial charge in [-0.1, -0.05) is 12.1 Å². The lowest BCUT2D eigenvalue weighted by Crippen LogP contribution is -2.26. The topological polar surface area (TPSA) is 67.6 Å². The molecule has 0 aliphatic carbocycles. The highest BCUT2D eigenvalue weighted by atomic mass is 32.2. The molecule has 106 valence electrons. The summed E-state index contributed by atoms with van der Waals surface area (Å²) >= 11 is 0. The molecular formula is C14H15NO4S. The largest absolute Gasteiger partial charge is 0.468 e. The van der Waals surface area contributed by atoms with Crippen LogP contribution < -0.4 is 0 Å². The van der Waals surface area contributed by atoms with Crippen LogP contribution in [0.2, 0.25) is 0 Å². The minimum absolute atomic E-state index is 0.0992. The molecule has 0 spiro atoms. The SMILES string of the molecule is CC(=O)c1ccc(S(=O)(=O)N(C)Cc2ccco2)cc1. The average molecular weight is 293 g/mol. The van der Waals surface area contributed by atoms with E-state index in [-0.39, 0.29) is 17.2 Å². The van der Waals surface area contributed by atoms with Crippen LogP contribution in [0.25, 0.3) is 0 Å². The van der Waals surface area contributed by atoms with Crippen LogP contribution in [0, 0.1) is 0 Å². The maximum Gasteiger partial charge on any atom is 0.243 e. The van der Waals surface area contributed by atoms with Gasteiger partial charge in [0.1, 0.15) is 5.76 Å². The molecule has 0 radical (unpaired) electrons. The second-order valence-corrected chi connectivity index (χ2v) is 6.47. The number of hydrogen-bond donors (Lipinski definition) is 0. The average Bonchev–Trinajstić information content (AvgIpc) is 2.91. The predicted molar refractivity (Wildman–Crippen MR) is 73.8 cm³/mol. The van der Waals surface area contributed by atoms with Gasteiger partial charge in [-0.3, -0.25) is 4.79 Å². The van der Waals surface area contributed by atoms with Gasteiger partial charge < -0.3 is 4.42 Å². The maximum absolute atomic E-state index is 12.3. The zero-order valence-corrected chi connectivity index (χ0v) is 12.1. The highest BCUT2D eigenvalue weighted by Crippen LogP contribution is 2.17. The minimum atomic E-state index is -3.60. The molecule has 0 bridgehead atoms. The Balaban J connectivity index is 2.23. The van der Waals surface area contributed by atoms with Crippen molar-refractivity contribution >= 4 is 15.8 Å². The van der Waals surface area contributed by atoms with Crippen LogP contribution in [0.4, 0.5) is 0 Å². The molecule has 0 unspecified atom stereocenters. The van der Waals surface area contributed by atoms with Gasteiger partial charge >= 0.3 is 0 Å². The van der Waals surface area contributed by atoms with Crippen molar-refractivity contribution in [2.75, 3.05) is 7.05 Å². The van der Waals surface area contributed by atoms with Crippen LogP contribution in [0.5, 0.6) is 0 Å². The second kappa shape index (κ2) is 5.60. The summed E-state index contributed by atoms with van der Waals surface area (Å²) in [5.74, 6) is 0.467. The summed E-state index contributed by atoms with van der Waals surface area (Å²) in [6.07, 6.45) is 1.50. The Morgan fingerprint density at radius 3 is 2.35 bits per heavy atom. The van der Waals surface area contributed by atoms with Crippen molar-refractivity contribution in [3.05, 3.63) is 54.0 Å². The number of benzene rings is 1. The van der Waals surface area contributed by atoms with E-state index in [1.165, 1.54) is 48.8 Å². The fraction of sp³-hybridized carbons (Fsp3) is 0.214. The third-order valence-electron chi connectivity index (χ3n) is 2.93. The number of carbonyl (C=O) groups is 1. The number of sulfonamides is 1. The molecule has 0 aliphatic heterocycles. The van der Waals surface area contributed by atoms with Crippen LogP contribution in [-0.2, 0) is 16.6 Å². The molecule has 1 heterocycles. The van der Waals surface area contributed by atoms with Gasteiger partial charge in [0.05, 0.1) is 17.7 Å². The molecule has 6 heteroatoms. The first-order valence-corrected chi connectivity index (χ1v) is 7.45. The summed E-state index contributed by atoms with van der Waals surface area (Å²) in [4.78, 5) is 11.3. The van der Waals surface area contributed by atoms with Gasteiger partial charge in [-0.05, 0) is 31.2 Å². The fourth-order valence-corrected chi connectivity index (χ4v) is 2.89. The van der Waals surface area contributed by atoms with Crippen LogP contribution in [0.3, 0.4) is 0 Å². The van der Waals surface area contributed by atoms with E-state index in [1.807, 2.05) is 0 Å². The van der Waals surface area contributed by atoms with Crippen molar-refractivity contribution in [1.29, 1.82) is 0 Å². The van der Waals surface area contributed by atoms with E-state index in [2.05, 4.69) is 0 Å². The summed E-state index contributed by atoms with van der Waals surface area (Å²) in [7, 11) is -2.11. The van der Waals surface area contributed by atoms with E-state index in [9.17, 15) is 13.2 Å². The van der Waals surface area contributed by atoms with Crippen molar-refractivity contribution < 1.29 is 17.6 Å². The number of ketones is 1. The van der Waals surface area contributed by atoms with Crippen molar-refractivity contribution in [2.45, 2.75) is 18.4 Å². The Labute approximate surface area is 117 Å². The first-order valence-electron chi connectivity index (χ1n) is 6.01. The second-order valence-electron chi connectivity index (χ2n) is 4.42. The van der Waals surface area contributed by atoms with Gasteiger partial charge in [0.25, 0.3) is 0 Å². The third kappa shape index (κ3) is 2.97. The quantitative estimate of drug-likeness (QED) is 0.793. The van der Waals surface area contributed by atoms with Crippen molar-refractivity contribution in [3.63, 3.8) is 0 Å². The molecule has 0 saturated heterocycles. The molecule has 20 heavy (non-hydrogen) atoms. The number of furan rings is 1. The lowest BCUT2D eigenvalue weighted by Gasteiger charge is -2.16. The zero-order chi connectivity index (χ0) is 14.8. The van der Waals surface area contributed by atoms with Crippen molar-refractivity contribution in [2.24, 2.45) is 0 Å². The van der Waals surface area contributed by atoms with E-state index in [0.717, 1.165) is 0 Å². The highest BCUT2D eigenvalue weighted by Gasteiger charge is 2.21. The summed E-state index contributed by atoms with van der Waals surface area (Å²) in [6, 6.07) is 9.31. The van der Waals surface area contributed by atoms with Crippen LogP contribution in [-0.4, -0.2) is 25.6 Å². The molecule has 2 aromatic rings. The molecular weight excluding hydrogens is 278 g/mol. The van der Waals surface area contributed by atoms with Crippen molar-refractivity contribution in [1.82, 2.24) is 4.31 Å². The number of Topliss-reactive ketones (excluding diaryl/α,β-unsaturated/α-hetero) is 1. The lowest BCUT2D eigenvalue weighted by atomic mass is 10.2. The molecule has 2 rings (SSSR count).